The second-order valence-electron chi connectivity index (χ2n) is 3.92. The second kappa shape index (κ2) is 7.14. The lowest BCUT2D eigenvalue weighted by molar-refractivity contribution is 0.146. The molecule has 0 saturated heterocycles. The smallest absolute Gasteiger partial charge is 0.180 e. The summed E-state index contributed by atoms with van der Waals surface area (Å²) in [7, 11) is -3.31. The topological polar surface area (TPSA) is 67.2 Å². The van der Waals surface area contributed by atoms with Gasteiger partial charge in [0.25, 0.3) is 0 Å². The van der Waals surface area contributed by atoms with Gasteiger partial charge in [0.15, 0.2) is 9.84 Å². The van der Waals surface area contributed by atoms with E-state index >= 15 is 0 Å². The standard InChI is InChI=1S/C13H17NO3S/c1-2-3-8-17-9-10-18(15,16)13-6-4-12(11-14)5-7-13/h4-7H,2-3,8-10H2,1H3. The molecule has 0 atom stereocenters. The number of sulfone groups is 1. The van der Waals surface area contributed by atoms with E-state index in [2.05, 4.69) is 6.92 Å². The van der Waals surface area contributed by atoms with Gasteiger partial charge in [0.05, 0.1) is 28.9 Å². The van der Waals surface area contributed by atoms with Crippen molar-refractivity contribution in [3.63, 3.8) is 0 Å². The van der Waals surface area contributed by atoms with Crippen LogP contribution in [0.2, 0.25) is 0 Å². The Hall–Kier alpha value is -1.38. The van der Waals surface area contributed by atoms with Gasteiger partial charge in [-0.2, -0.15) is 5.26 Å². The summed E-state index contributed by atoms with van der Waals surface area (Å²) in [5.41, 5.74) is 0.452. The highest BCUT2D eigenvalue weighted by molar-refractivity contribution is 7.91. The summed E-state index contributed by atoms with van der Waals surface area (Å²) < 4.78 is 29.0. The highest BCUT2D eigenvalue weighted by atomic mass is 32.2. The molecule has 0 unspecified atom stereocenters. The molecule has 0 spiro atoms. The number of hydrogen-bond donors (Lipinski definition) is 0. The zero-order chi connectivity index (χ0) is 13.4. The molecule has 0 aliphatic heterocycles. The van der Waals surface area contributed by atoms with Gasteiger partial charge in [0.2, 0.25) is 0 Å². The molecule has 4 nitrogen and oxygen atoms in total. The number of nitriles is 1. The highest BCUT2D eigenvalue weighted by Crippen LogP contribution is 2.12. The molecule has 18 heavy (non-hydrogen) atoms. The number of rotatable bonds is 7. The van der Waals surface area contributed by atoms with Gasteiger partial charge in [-0.05, 0) is 30.7 Å². The number of unbranched alkanes of at least 4 members (excludes halogenated alkanes) is 1. The van der Waals surface area contributed by atoms with Crippen molar-refractivity contribution in [3.8, 4) is 6.07 Å². The molecule has 0 saturated carbocycles. The summed E-state index contributed by atoms with van der Waals surface area (Å²) in [6, 6.07) is 7.88. The summed E-state index contributed by atoms with van der Waals surface area (Å²) in [4.78, 5) is 0.237. The van der Waals surface area contributed by atoms with Gasteiger partial charge in [-0.25, -0.2) is 8.42 Å². The van der Waals surface area contributed by atoms with E-state index in [4.69, 9.17) is 10.00 Å². The van der Waals surface area contributed by atoms with E-state index in [0.717, 1.165) is 12.8 Å². The molecule has 0 N–H and O–H groups in total. The maximum atomic E-state index is 11.9. The molecule has 0 bridgehead atoms. The van der Waals surface area contributed by atoms with Crippen LogP contribution in [0.15, 0.2) is 29.2 Å². The first-order valence-electron chi connectivity index (χ1n) is 5.91. The van der Waals surface area contributed by atoms with Crippen molar-refractivity contribution < 1.29 is 13.2 Å². The van der Waals surface area contributed by atoms with Gasteiger partial charge in [-0.15, -0.1) is 0 Å². The second-order valence-corrected chi connectivity index (χ2v) is 6.03. The lowest BCUT2D eigenvalue weighted by Crippen LogP contribution is -2.13. The van der Waals surface area contributed by atoms with Crippen LogP contribution in [-0.2, 0) is 14.6 Å². The van der Waals surface area contributed by atoms with E-state index in [1.807, 2.05) is 6.07 Å². The molecule has 0 aliphatic rings. The molecule has 0 aliphatic carbocycles. The number of ether oxygens (including phenoxy) is 1. The van der Waals surface area contributed by atoms with Crippen molar-refractivity contribution in [2.24, 2.45) is 0 Å². The zero-order valence-corrected chi connectivity index (χ0v) is 11.2. The van der Waals surface area contributed by atoms with E-state index in [1.165, 1.54) is 24.3 Å². The average Bonchev–Trinajstić information content (AvgIpc) is 2.38. The lowest BCUT2D eigenvalue weighted by atomic mass is 10.2. The first-order valence-corrected chi connectivity index (χ1v) is 7.56. The van der Waals surface area contributed by atoms with Gasteiger partial charge in [0, 0.05) is 6.61 Å². The van der Waals surface area contributed by atoms with Gasteiger partial charge >= 0.3 is 0 Å². The van der Waals surface area contributed by atoms with Crippen molar-refractivity contribution in [2.45, 2.75) is 24.7 Å². The van der Waals surface area contributed by atoms with Gasteiger partial charge < -0.3 is 4.74 Å². The quantitative estimate of drug-likeness (QED) is 0.710. The van der Waals surface area contributed by atoms with Crippen LogP contribution in [0.3, 0.4) is 0 Å². The van der Waals surface area contributed by atoms with Crippen LogP contribution in [0.4, 0.5) is 0 Å². The summed E-state index contributed by atoms with van der Waals surface area (Å²) in [6.45, 7) is 2.86. The van der Waals surface area contributed by atoms with E-state index in [9.17, 15) is 8.42 Å². The zero-order valence-electron chi connectivity index (χ0n) is 10.4. The van der Waals surface area contributed by atoms with E-state index in [0.29, 0.717) is 12.2 Å². The third kappa shape index (κ3) is 4.47. The van der Waals surface area contributed by atoms with Crippen molar-refractivity contribution in [1.82, 2.24) is 0 Å². The molecule has 0 amide bonds. The molecule has 0 fully saturated rings. The molecule has 1 aromatic rings. The van der Waals surface area contributed by atoms with Crippen LogP contribution in [0.5, 0.6) is 0 Å². The summed E-state index contributed by atoms with van der Waals surface area (Å²) in [6.07, 6.45) is 1.97. The molecular weight excluding hydrogens is 250 g/mol. The van der Waals surface area contributed by atoms with E-state index < -0.39 is 9.84 Å². The van der Waals surface area contributed by atoms with Crippen LogP contribution in [0.25, 0.3) is 0 Å². The minimum absolute atomic E-state index is 0.0252. The fourth-order valence-electron chi connectivity index (χ4n) is 1.37. The molecule has 1 aromatic carbocycles. The minimum Gasteiger partial charge on any atom is -0.380 e. The molecular formula is C13H17NO3S. The largest absolute Gasteiger partial charge is 0.380 e. The maximum Gasteiger partial charge on any atom is 0.180 e. The predicted octanol–water partition coefficient (Wildman–Crippen LogP) is 2.15. The Kier molecular flexibility index (Phi) is 5.83. The Morgan fingerprint density at radius 1 is 1.22 bits per heavy atom. The van der Waals surface area contributed by atoms with Crippen molar-refractivity contribution in [3.05, 3.63) is 29.8 Å². The highest BCUT2D eigenvalue weighted by Gasteiger charge is 2.13. The first kappa shape index (κ1) is 14.7. The fourth-order valence-corrected chi connectivity index (χ4v) is 2.50. The summed E-state index contributed by atoms with van der Waals surface area (Å²) >= 11 is 0. The van der Waals surface area contributed by atoms with Crippen molar-refractivity contribution in [1.29, 1.82) is 5.26 Å². The van der Waals surface area contributed by atoms with E-state index in [-0.39, 0.29) is 17.3 Å². The average molecular weight is 267 g/mol. The maximum absolute atomic E-state index is 11.9. The molecule has 5 heteroatoms. The van der Waals surface area contributed by atoms with Crippen LogP contribution in [0.1, 0.15) is 25.3 Å². The monoisotopic (exact) mass is 267 g/mol. The molecule has 0 aromatic heterocycles. The molecule has 1 rings (SSSR count). The van der Waals surface area contributed by atoms with Crippen LogP contribution in [-0.4, -0.2) is 27.4 Å². The van der Waals surface area contributed by atoms with Gasteiger partial charge in [-0.1, -0.05) is 13.3 Å². The first-order chi connectivity index (χ1) is 8.60. The Bertz CT molecular complexity index is 500. The molecule has 98 valence electrons. The molecule has 0 radical (unpaired) electrons. The Balaban J connectivity index is 2.55. The van der Waals surface area contributed by atoms with Crippen LogP contribution < -0.4 is 0 Å². The molecule has 0 heterocycles. The third-order valence-corrected chi connectivity index (χ3v) is 4.18. The summed E-state index contributed by atoms with van der Waals surface area (Å²) in [5, 5.41) is 8.64. The third-order valence-electron chi connectivity index (χ3n) is 2.48. The van der Waals surface area contributed by atoms with Crippen LogP contribution in [0, 0.1) is 11.3 Å². The van der Waals surface area contributed by atoms with Gasteiger partial charge in [0.1, 0.15) is 0 Å². The Morgan fingerprint density at radius 3 is 2.44 bits per heavy atom. The van der Waals surface area contributed by atoms with Gasteiger partial charge in [-0.3, -0.25) is 0 Å². The summed E-state index contributed by atoms with van der Waals surface area (Å²) in [5.74, 6) is -0.0252. The normalized spacial score (nSPS) is 11.1. The Labute approximate surface area is 108 Å². The predicted molar refractivity (Wildman–Crippen MR) is 68.9 cm³/mol. The van der Waals surface area contributed by atoms with Crippen molar-refractivity contribution >= 4 is 9.84 Å². The number of nitrogens with zero attached hydrogens (tertiary/aromatic N) is 1. The number of benzene rings is 1. The SMILES string of the molecule is CCCCOCCS(=O)(=O)c1ccc(C#N)cc1. The minimum atomic E-state index is -3.31. The Morgan fingerprint density at radius 2 is 1.89 bits per heavy atom. The fraction of sp³-hybridized carbons (Fsp3) is 0.462. The van der Waals surface area contributed by atoms with Crippen LogP contribution >= 0.6 is 0 Å². The lowest BCUT2D eigenvalue weighted by Gasteiger charge is -2.05. The van der Waals surface area contributed by atoms with Crippen molar-refractivity contribution in [2.75, 3.05) is 19.0 Å². The van der Waals surface area contributed by atoms with E-state index in [1.54, 1.807) is 0 Å². The number of hydrogen-bond acceptors (Lipinski definition) is 4.